The molecule has 0 bridgehead atoms. The lowest BCUT2D eigenvalue weighted by Gasteiger charge is -2.40. The minimum atomic E-state index is -0.728. The molecule has 9 heteroatoms. The number of piperazine rings is 1. The smallest absolute Gasteiger partial charge is 0.182 e. The van der Waals surface area contributed by atoms with E-state index in [0.717, 1.165) is 16.9 Å². The van der Waals surface area contributed by atoms with Gasteiger partial charge in [-0.05, 0) is 43.3 Å². The Morgan fingerprint density at radius 1 is 1.10 bits per heavy atom. The van der Waals surface area contributed by atoms with Gasteiger partial charge in [0, 0.05) is 45.6 Å². The molecule has 3 heterocycles. The van der Waals surface area contributed by atoms with Crippen molar-refractivity contribution in [2.24, 2.45) is 0 Å². The number of aliphatic hydroxyl groups is 1. The Morgan fingerprint density at radius 2 is 1.79 bits per heavy atom. The molecule has 1 aliphatic heterocycles. The van der Waals surface area contributed by atoms with Crippen LogP contribution in [0.1, 0.15) is 27.8 Å². The molecule has 8 nitrogen and oxygen atoms in total. The van der Waals surface area contributed by atoms with Crippen molar-refractivity contribution in [3.8, 4) is 11.3 Å². The van der Waals surface area contributed by atoms with Gasteiger partial charge in [-0.15, -0.1) is 0 Å². The van der Waals surface area contributed by atoms with Crippen molar-refractivity contribution in [3.05, 3.63) is 97.0 Å². The van der Waals surface area contributed by atoms with Crippen molar-refractivity contribution in [2.45, 2.75) is 39.6 Å². The number of benzene rings is 2. The summed E-state index contributed by atoms with van der Waals surface area (Å²) in [4.78, 5) is 13.0. The summed E-state index contributed by atoms with van der Waals surface area (Å²) in [5.41, 5.74) is 3.20. The summed E-state index contributed by atoms with van der Waals surface area (Å²) in [6.07, 6.45) is 4.44. The molecule has 5 rings (SSSR count). The first-order valence-electron chi connectivity index (χ1n) is 13.4. The first kappa shape index (κ1) is 28.1. The number of nitrogens with zero attached hydrogens (tertiary/aromatic N) is 5. The Hall–Kier alpha value is -3.95. The van der Waals surface area contributed by atoms with Gasteiger partial charge in [0.15, 0.2) is 11.5 Å². The number of hydrogen-bond acceptors (Lipinski definition) is 7. The standard InChI is InChI=1S/C28H31FN6O2.C2H6.H2/c1-20(28(36)34-16-14-33(15-17-34)21(2)37-19-22-6-4-3-5-7-22)31-27-26(23-8-10-24(29)11-9-23)32-25-18-30-12-13-35(25)27;1-2;/h3-13,18,20,28,31,36H,2,14-17,19H2,1H3;1-2H3;1H. The van der Waals surface area contributed by atoms with E-state index in [1.165, 1.54) is 12.1 Å². The molecule has 0 aliphatic carbocycles. The van der Waals surface area contributed by atoms with Crippen LogP contribution in [-0.4, -0.2) is 67.7 Å². The molecule has 0 spiro atoms. The number of aromatic nitrogens is 3. The second-order valence-electron chi connectivity index (χ2n) is 9.16. The number of rotatable bonds is 9. The summed E-state index contributed by atoms with van der Waals surface area (Å²) >= 11 is 0. The van der Waals surface area contributed by atoms with Gasteiger partial charge in [0.2, 0.25) is 0 Å². The van der Waals surface area contributed by atoms with E-state index in [-0.39, 0.29) is 13.3 Å². The maximum Gasteiger partial charge on any atom is 0.182 e. The number of anilines is 1. The van der Waals surface area contributed by atoms with Crippen LogP contribution in [0.3, 0.4) is 0 Å². The molecule has 1 aliphatic rings. The van der Waals surface area contributed by atoms with Gasteiger partial charge in [0.25, 0.3) is 0 Å². The van der Waals surface area contributed by atoms with Crippen LogP contribution in [0.2, 0.25) is 0 Å². The normalized spacial score (nSPS) is 15.3. The number of fused-ring (bicyclic) bond motifs is 1. The van der Waals surface area contributed by atoms with Gasteiger partial charge in [-0.3, -0.25) is 14.3 Å². The van der Waals surface area contributed by atoms with Gasteiger partial charge < -0.3 is 20.1 Å². The molecule has 2 atom stereocenters. The van der Waals surface area contributed by atoms with E-state index in [2.05, 4.69) is 21.8 Å². The number of imidazole rings is 1. The van der Waals surface area contributed by atoms with E-state index < -0.39 is 6.23 Å². The van der Waals surface area contributed by atoms with Crippen LogP contribution in [0.15, 0.2) is 85.6 Å². The van der Waals surface area contributed by atoms with Crippen LogP contribution < -0.4 is 5.32 Å². The highest BCUT2D eigenvalue weighted by Gasteiger charge is 2.28. The van der Waals surface area contributed by atoms with Crippen LogP contribution in [-0.2, 0) is 11.3 Å². The highest BCUT2D eigenvalue weighted by atomic mass is 19.1. The Morgan fingerprint density at radius 3 is 2.49 bits per heavy atom. The number of halogens is 1. The molecule has 0 radical (unpaired) electrons. The number of hydrogen-bond donors (Lipinski definition) is 2. The Balaban J connectivity index is 0.00000144. The lowest BCUT2D eigenvalue weighted by Crippen LogP contribution is -2.54. The predicted octanol–water partition coefficient (Wildman–Crippen LogP) is 5.23. The van der Waals surface area contributed by atoms with Crippen molar-refractivity contribution in [1.82, 2.24) is 24.2 Å². The van der Waals surface area contributed by atoms with Gasteiger partial charge >= 0.3 is 0 Å². The zero-order valence-electron chi connectivity index (χ0n) is 22.8. The maximum atomic E-state index is 13.5. The molecule has 39 heavy (non-hydrogen) atoms. The molecule has 4 aromatic rings. The van der Waals surface area contributed by atoms with Gasteiger partial charge in [0.05, 0.1) is 12.2 Å². The highest BCUT2D eigenvalue weighted by Crippen LogP contribution is 2.30. The maximum absolute atomic E-state index is 13.5. The van der Waals surface area contributed by atoms with E-state index in [9.17, 15) is 9.50 Å². The van der Waals surface area contributed by atoms with Gasteiger partial charge in [0.1, 0.15) is 30.2 Å². The van der Waals surface area contributed by atoms with Crippen molar-refractivity contribution < 1.29 is 15.7 Å². The monoisotopic (exact) mass is 534 g/mol. The van der Waals surface area contributed by atoms with Crippen LogP contribution in [0, 0.1) is 5.82 Å². The first-order valence-corrected chi connectivity index (χ1v) is 13.4. The third-order valence-electron chi connectivity index (χ3n) is 6.65. The Kier molecular flexibility index (Phi) is 9.51. The summed E-state index contributed by atoms with van der Waals surface area (Å²) in [6.45, 7) is 13.3. The molecule has 208 valence electrons. The van der Waals surface area contributed by atoms with E-state index >= 15 is 0 Å². The fourth-order valence-electron chi connectivity index (χ4n) is 4.53. The number of aliphatic hydroxyl groups excluding tert-OH is 1. The van der Waals surface area contributed by atoms with Crippen LogP contribution in [0.5, 0.6) is 0 Å². The van der Waals surface area contributed by atoms with Crippen molar-refractivity contribution in [2.75, 3.05) is 31.5 Å². The second-order valence-corrected chi connectivity index (χ2v) is 9.16. The largest absolute Gasteiger partial charge is 0.475 e. The van der Waals surface area contributed by atoms with Crippen LogP contribution in [0.25, 0.3) is 16.9 Å². The van der Waals surface area contributed by atoms with Gasteiger partial charge in [-0.25, -0.2) is 9.37 Å². The number of nitrogens with one attached hydrogen (secondary N) is 1. The van der Waals surface area contributed by atoms with Crippen LogP contribution in [0.4, 0.5) is 10.2 Å². The minimum Gasteiger partial charge on any atom is -0.475 e. The van der Waals surface area contributed by atoms with E-state index in [1.807, 2.05) is 66.6 Å². The quantitative estimate of drug-likeness (QED) is 0.285. The SMILES string of the molecule is C=C(OCc1ccccc1)N1CCN(C(O)C(C)Nc2c(-c3ccc(F)cc3)nc3cnccn23)CC1.CC.[HH]. The fourth-order valence-corrected chi connectivity index (χ4v) is 4.53. The average molecular weight is 535 g/mol. The summed E-state index contributed by atoms with van der Waals surface area (Å²) in [7, 11) is 0. The predicted molar refractivity (Wildman–Crippen MR) is 154 cm³/mol. The molecule has 1 fully saturated rings. The summed E-state index contributed by atoms with van der Waals surface area (Å²) in [6, 6.07) is 15.9. The van der Waals surface area contributed by atoms with Crippen molar-refractivity contribution >= 4 is 11.5 Å². The minimum absolute atomic E-state index is 0. The second kappa shape index (κ2) is 13.2. The van der Waals surface area contributed by atoms with Crippen molar-refractivity contribution in [1.29, 1.82) is 0 Å². The summed E-state index contributed by atoms with van der Waals surface area (Å²) in [5.74, 6) is 1.06. The van der Waals surface area contributed by atoms with Gasteiger partial charge in [-0.1, -0.05) is 44.2 Å². The first-order chi connectivity index (χ1) is 19.0. The molecule has 2 aromatic carbocycles. The fraction of sp³-hybridized carbons (Fsp3) is 0.333. The third-order valence-corrected chi connectivity index (χ3v) is 6.65. The highest BCUT2D eigenvalue weighted by molar-refractivity contribution is 5.76. The lowest BCUT2D eigenvalue weighted by atomic mass is 10.1. The van der Waals surface area contributed by atoms with E-state index in [0.29, 0.717) is 50.0 Å². The molecule has 1 saturated heterocycles. The van der Waals surface area contributed by atoms with Crippen molar-refractivity contribution in [3.63, 3.8) is 0 Å². The Labute approximate surface area is 230 Å². The van der Waals surface area contributed by atoms with Gasteiger partial charge in [-0.2, -0.15) is 0 Å². The molecule has 0 saturated carbocycles. The lowest BCUT2D eigenvalue weighted by molar-refractivity contribution is -0.0386. The zero-order chi connectivity index (χ0) is 27.8. The number of ether oxygens (including phenoxy) is 1. The molecule has 2 aromatic heterocycles. The topological polar surface area (TPSA) is 78.2 Å². The third kappa shape index (κ3) is 6.74. The molecule has 0 amide bonds. The molecule has 2 unspecified atom stereocenters. The summed E-state index contributed by atoms with van der Waals surface area (Å²) < 4.78 is 21.3. The van der Waals surface area contributed by atoms with E-state index in [1.54, 1.807) is 24.5 Å². The Bertz CT molecular complexity index is 1340. The molecular weight excluding hydrogens is 495 g/mol. The van der Waals surface area contributed by atoms with E-state index in [4.69, 9.17) is 9.72 Å². The molecule has 2 N–H and O–H groups in total. The zero-order valence-corrected chi connectivity index (χ0v) is 22.8. The van der Waals surface area contributed by atoms with Crippen LogP contribution >= 0.6 is 0 Å². The summed E-state index contributed by atoms with van der Waals surface area (Å²) in [5, 5.41) is 14.6. The molecular formula is C30H39FN6O2. The average Bonchev–Trinajstić information content (AvgIpc) is 3.35.